The summed E-state index contributed by atoms with van der Waals surface area (Å²) >= 11 is 0. The fourth-order valence-electron chi connectivity index (χ4n) is 6.06. The molecule has 0 aromatic rings. The monoisotopic (exact) mass is 568 g/mol. The standard InChI is InChI=1S/C33H61NO6/c1-5-6-7-8-9-10-11-12-13-14-15-16-17-18-19-20-21-22-23-24-25-26-27-34(28(2)31(35)36,29(3)32(37)38)30(4)33(39)40/h5,28-30H,1,6-27H2,2-4H3,(H2-,35,36,37,38,39,40)/p+1. The Bertz CT molecular complexity index is 644. The number of carbonyl (C=O) groups is 3. The van der Waals surface area contributed by atoms with Gasteiger partial charge < -0.3 is 15.3 Å². The van der Waals surface area contributed by atoms with Gasteiger partial charge in [-0.05, 0) is 46.5 Å². The van der Waals surface area contributed by atoms with Gasteiger partial charge in [-0.25, -0.2) is 14.4 Å². The van der Waals surface area contributed by atoms with Gasteiger partial charge in [0.2, 0.25) is 0 Å². The van der Waals surface area contributed by atoms with Crippen molar-refractivity contribution in [1.29, 1.82) is 0 Å². The van der Waals surface area contributed by atoms with Crippen molar-refractivity contribution in [3.63, 3.8) is 0 Å². The van der Waals surface area contributed by atoms with Crippen LogP contribution in [0.15, 0.2) is 12.7 Å². The summed E-state index contributed by atoms with van der Waals surface area (Å²) in [4.78, 5) is 35.5. The van der Waals surface area contributed by atoms with Crippen molar-refractivity contribution < 1.29 is 34.2 Å². The van der Waals surface area contributed by atoms with Gasteiger partial charge in [0, 0.05) is 0 Å². The van der Waals surface area contributed by atoms with Gasteiger partial charge in [-0.1, -0.05) is 115 Å². The second kappa shape index (κ2) is 23.8. The van der Waals surface area contributed by atoms with E-state index >= 15 is 0 Å². The minimum absolute atomic E-state index is 0.227. The third kappa shape index (κ3) is 15.8. The van der Waals surface area contributed by atoms with Crippen LogP contribution >= 0.6 is 0 Å². The number of hydrogen-bond donors (Lipinski definition) is 3. The fraction of sp³-hybridized carbons (Fsp3) is 0.848. The summed E-state index contributed by atoms with van der Waals surface area (Å²) in [5.74, 6) is -3.51. The van der Waals surface area contributed by atoms with E-state index < -0.39 is 40.5 Å². The Morgan fingerprint density at radius 2 is 0.725 bits per heavy atom. The van der Waals surface area contributed by atoms with Crippen LogP contribution in [-0.2, 0) is 14.4 Å². The van der Waals surface area contributed by atoms with Gasteiger partial charge in [-0.2, -0.15) is 0 Å². The summed E-state index contributed by atoms with van der Waals surface area (Å²) in [7, 11) is 0. The van der Waals surface area contributed by atoms with Crippen LogP contribution in [0.4, 0.5) is 0 Å². The molecule has 0 saturated heterocycles. The zero-order chi connectivity index (χ0) is 30.2. The van der Waals surface area contributed by atoms with Gasteiger partial charge in [0.15, 0.2) is 18.1 Å². The van der Waals surface area contributed by atoms with Crippen molar-refractivity contribution in [2.75, 3.05) is 6.54 Å². The maximum Gasteiger partial charge on any atom is 0.362 e. The highest BCUT2D eigenvalue weighted by atomic mass is 16.4. The lowest BCUT2D eigenvalue weighted by atomic mass is 9.99. The Hall–Kier alpha value is -1.89. The van der Waals surface area contributed by atoms with Crippen LogP contribution in [0, 0.1) is 0 Å². The number of quaternary nitrogens is 1. The number of carboxylic acids is 3. The average molecular weight is 569 g/mol. The van der Waals surface area contributed by atoms with Crippen LogP contribution in [0.1, 0.15) is 156 Å². The van der Waals surface area contributed by atoms with Crippen molar-refractivity contribution >= 4 is 17.9 Å². The number of carboxylic acid groups (broad SMARTS) is 3. The number of allylic oxidation sites excluding steroid dienone is 1. The highest BCUT2D eigenvalue weighted by Crippen LogP contribution is 2.28. The van der Waals surface area contributed by atoms with E-state index in [9.17, 15) is 29.7 Å². The van der Waals surface area contributed by atoms with Gasteiger partial charge in [0.05, 0.1) is 6.54 Å². The van der Waals surface area contributed by atoms with Crippen molar-refractivity contribution in [2.45, 2.75) is 174 Å². The van der Waals surface area contributed by atoms with Crippen LogP contribution in [0.3, 0.4) is 0 Å². The molecule has 3 N–H and O–H groups in total. The zero-order valence-corrected chi connectivity index (χ0v) is 26.1. The first-order valence-electron chi connectivity index (χ1n) is 16.3. The topological polar surface area (TPSA) is 112 Å². The zero-order valence-electron chi connectivity index (χ0n) is 26.1. The van der Waals surface area contributed by atoms with Crippen molar-refractivity contribution in [1.82, 2.24) is 0 Å². The molecule has 0 aromatic heterocycles. The van der Waals surface area contributed by atoms with Gasteiger partial charge in [-0.3, -0.25) is 4.48 Å². The summed E-state index contributed by atoms with van der Waals surface area (Å²) < 4.78 is -0.475. The minimum Gasteiger partial charge on any atom is -0.477 e. The van der Waals surface area contributed by atoms with E-state index in [1.807, 2.05) is 6.08 Å². The molecule has 0 bridgehead atoms. The summed E-state index contributed by atoms with van der Waals surface area (Å²) in [5.41, 5.74) is 0. The molecule has 0 aliphatic rings. The van der Waals surface area contributed by atoms with E-state index in [-0.39, 0.29) is 6.54 Å². The summed E-state index contributed by atoms with van der Waals surface area (Å²) in [6, 6.07) is -3.36. The Morgan fingerprint density at radius 3 is 0.950 bits per heavy atom. The maximum atomic E-state index is 11.8. The van der Waals surface area contributed by atoms with Gasteiger partial charge in [-0.15, -0.1) is 6.58 Å². The Balaban J connectivity index is 3.93. The predicted molar refractivity (Wildman–Crippen MR) is 164 cm³/mol. The highest BCUT2D eigenvalue weighted by molar-refractivity contribution is 5.77. The lowest BCUT2D eigenvalue weighted by Crippen LogP contribution is -2.70. The molecule has 40 heavy (non-hydrogen) atoms. The first-order chi connectivity index (χ1) is 19.1. The Kier molecular flexibility index (Phi) is 22.7. The van der Waals surface area contributed by atoms with Crippen molar-refractivity contribution in [3.05, 3.63) is 12.7 Å². The molecule has 0 aliphatic heterocycles. The van der Waals surface area contributed by atoms with Crippen LogP contribution < -0.4 is 0 Å². The minimum atomic E-state index is -1.17. The van der Waals surface area contributed by atoms with E-state index in [1.54, 1.807) is 0 Å². The molecular formula is C33H62NO6+. The molecule has 0 aromatic carbocycles. The van der Waals surface area contributed by atoms with E-state index in [4.69, 9.17) is 0 Å². The lowest BCUT2D eigenvalue weighted by Gasteiger charge is -2.47. The van der Waals surface area contributed by atoms with E-state index in [2.05, 4.69) is 6.58 Å². The number of aliphatic carboxylic acids is 3. The molecule has 0 saturated carbocycles. The van der Waals surface area contributed by atoms with Gasteiger partial charge >= 0.3 is 17.9 Å². The van der Waals surface area contributed by atoms with Crippen LogP contribution in [0.25, 0.3) is 0 Å². The summed E-state index contributed by atoms with van der Waals surface area (Å²) in [6.45, 7) is 8.28. The number of rotatable bonds is 29. The van der Waals surface area contributed by atoms with Crippen molar-refractivity contribution in [2.24, 2.45) is 0 Å². The normalized spacial score (nSPS) is 15.2. The largest absolute Gasteiger partial charge is 0.477 e. The number of hydrogen-bond acceptors (Lipinski definition) is 3. The Labute approximate surface area is 245 Å². The molecule has 0 heterocycles. The molecule has 3 atom stereocenters. The molecule has 0 amide bonds. The lowest BCUT2D eigenvalue weighted by molar-refractivity contribution is -0.968. The second-order valence-electron chi connectivity index (χ2n) is 11.9. The molecule has 0 fully saturated rings. The molecule has 234 valence electrons. The first kappa shape index (κ1) is 38.1. The molecular weight excluding hydrogens is 506 g/mol. The smallest absolute Gasteiger partial charge is 0.362 e. The molecule has 7 nitrogen and oxygen atoms in total. The molecule has 0 rings (SSSR count). The van der Waals surface area contributed by atoms with Crippen molar-refractivity contribution in [3.8, 4) is 0 Å². The van der Waals surface area contributed by atoms with E-state index in [0.717, 1.165) is 25.7 Å². The molecule has 0 aliphatic carbocycles. The average Bonchev–Trinajstić information content (AvgIpc) is 2.92. The number of unbranched alkanes of at least 4 members (excludes halogenated alkanes) is 20. The molecule has 0 spiro atoms. The Morgan fingerprint density at radius 1 is 0.500 bits per heavy atom. The van der Waals surface area contributed by atoms with Crippen LogP contribution in [0.5, 0.6) is 0 Å². The molecule has 0 radical (unpaired) electrons. The number of nitrogens with zero attached hydrogens (tertiary/aromatic N) is 1. The van der Waals surface area contributed by atoms with Crippen LogP contribution in [-0.4, -0.2) is 62.4 Å². The summed E-state index contributed by atoms with van der Waals surface area (Å²) in [6.07, 6.45) is 28.1. The SMILES string of the molecule is C=CCCCCCCCCCCCCCCCCCCCCCC[N+](C(C)C(=O)O)(C(C)C(=O)O)C(C)C(=O)O. The fourth-order valence-corrected chi connectivity index (χ4v) is 6.06. The third-order valence-electron chi connectivity index (χ3n) is 8.94. The quantitative estimate of drug-likeness (QED) is 0.0473. The first-order valence-corrected chi connectivity index (χ1v) is 16.3. The third-order valence-corrected chi connectivity index (χ3v) is 8.94. The maximum absolute atomic E-state index is 11.8. The van der Waals surface area contributed by atoms with Crippen LogP contribution in [0.2, 0.25) is 0 Å². The second-order valence-corrected chi connectivity index (χ2v) is 11.9. The van der Waals surface area contributed by atoms with Gasteiger partial charge in [0.25, 0.3) is 0 Å². The van der Waals surface area contributed by atoms with Gasteiger partial charge in [0.1, 0.15) is 0 Å². The predicted octanol–water partition coefficient (Wildman–Crippen LogP) is 8.60. The summed E-state index contributed by atoms with van der Waals surface area (Å²) in [5, 5.41) is 29.0. The van der Waals surface area contributed by atoms with E-state index in [0.29, 0.717) is 6.42 Å². The highest BCUT2D eigenvalue weighted by Gasteiger charge is 2.52. The molecule has 7 heteroatoms. The molecule has 3 unspecified atom stereocenters. The van der Waals surface area contributed by atoms with E-state index in [1.165, 1.54) is 124 Å².